The van der Waals surface area contributed by atoms with Gasteiger partial charge in [0, 0.05) is 30.5 Å². The molecule has 1 heterocycles. The number of nitrogens with zero attached hydrogens (tertiary/aromatic N) is 2. The number of hydrogen-bond acceptors (Lipinski definition) is 3. The molecule has 1 aliphatic heterocycles. The molecule has 1 saturated carbocycles. The zero-order valence-electron chi connectivity index (χ0n) is 15.9. The fraction of sp³-hybridized carbons (Fsp3) is 0.409. The Hall–Kier alpha value is -2.20. The number of benzene rings is 2. The zero-order chi connectivity index (χ0) is 18.1. The fourth-order valence-corrected chi connectivity index (χ4v) is 3.84. The Labute approximate surface area is 167 Å². The second-order valence-corrected chi connectivity index (χ2v) is 7.61. The molecule has 0 bridgehead atoms. The molecule has 0 unspecified atom stereocenters. The predicted octanol–water partition coefficient (Wildman–Crippen LogP) is 3.94. The zero-order valence-corrected chi connectivity index (χ0v) is 16.7. The highest BCUT2D eigenvalue weighted by atomic mass is 35.5. The molecule has 0 radical (unpaired) electrons. The summed E-state index contributed by atoms with van der Waals surface area (Å²) in [7, 11) is 0. The third-order valence-corrected chi connectivity index (χ3v) is 5.49. The van der Waals surface area contributed by atoms with Gasteiger partial charge in [0.25, 0.3) is 0 Å². The monoisotopic (exact) mass is 385 g/mol. The lowest BCUT2D eigenvalue weighted by atomic mass is 10.00. The average molecular weight is 386 g/mol. The summed E-state index contributed by atoms with van der Waals surface area (Å²) in [4.78, 5) is 17.4. The van der Waals surface area contributed by atoms with E-state index >= 15 is 0 Å². The molecule has 2 N–H and O–H groups in total. The van der Waals surface area contributed by atoms with Gasteiger partial charge in [0.15, 0.2) is 0 Å². The quantitative estimate of drug-likeness (QED) is 0.793. The number of halogens is 1. The van der Waals surface area contributed by atoms with Crippen LogP contribution in [0.3, 0.4) is 0 Å². The second-order valence-electron chi connectivity index (χ2n) is 7.61. The number of anilines is 2. The fourth-order valence-electron chi connectivity index (χ4n) is 3.84. The lowest BCUT2D eigenvalue weighted by molar-refractivity contribution is -0.130. The molecule has 2 aliphatic rings. The van der Waals surface area contributed by atoms with E-state index in [1.807, 2.05) is 12.1 Å². The third kappa shape index (κ3) is 4.38. The number of carbonyl (C=O) groups is 1. The van der Waals surface area contributed by atoms with E-state index in [0.29, 0.717) is 19.1 Å². The molecule has 0 spiro atoms. The molecule has 144 valence electrons. The Balaban J connectivity index is 0.00000210. The van der Waals surface area contributed by atoms with Crippen molar-refractivity contribution in [2.24, 2.45) is 0 Å². The maximum absolute atomic E-state index is 13.1. The molecule has 1 aliphatic carbocycles. The summed E-state index contributed by atoms with van der Waals surface area (Å²) in [6.07, 6.45) is 4.31. The summed E-state index contributed by atoms with van der Waals surface area (Å²) >= 11 is 0. The van der Waals surface area contributed by atoms with Crippen LogP contribution >= 0.6 is 12.4 Å². The maximum atomic E-state index is 13.1. The lowest BCUT2D eigenvalue weighted by Gasteiger charge is -2.33. The van der Waals surface area contributed by atoms with Gasteiger partial charge in [-0.1, -0.05) is 35.9 Å². The van der Waals surface area contributed by atoms with Crippen molar-refractivity contribution in [1.82, 2.24) is 4.90 Å². The number of nitrogens with two attached hydrogens (primary N) is 1. The van der Waals surface area contributed by atoms with Gasteiger partial charge in [-0.05, 0) is 55.9 Å². The molecule has 4 nitrogen and oxygen atoms in total. The van der Waals surface area contributed by atoms with E-state index in [0.717, 1.165) is 43.6 Å². The van der Waals surface area contributed by atoms with Crippen LogP contribution in [-0.2, 0) is 17.8 Å². The van der Waals surface area contributed by atoms with Gasteiger partial charge in [0.05, 0.1) is 6.54 Å². The number of nitrogen functional groups attached to an aromatic ring is 1. The van der Waals surface area contributed by atoms with Gasteiger partial charge in [-0.25, -0.2) is 0 Å². The van der Waals surface area contributed by atoms with Crippen molar-refractivity contribution in [3.63, 3.8) is 0 Å². The van der Waals surface area contributed by atoms with Gasteiger partial charge in [-0.15, -0.1) is 12.4 Å². The number of rotatable bonds is 5. The van der Waals surface area contributed by atoms with Gasteiger partial charge in [-0.2, -0.15) is 0 Å². The topological polar surface area (TPSA) is 49.6 Å². The van der Waals surface area contributed by atoms with E-state index < -0.39 is 0 Å². The molecule has 1 amide bonds. The summed E-state index contributed by atoms with van der Waals surface area (Å²) in [5.41, 5.74) is 11.8. The molecule has 0 saturated heterocycles. The van der Waals surface area contributed by atoms with Crippen molar-refractivity contribution in [3.8, 4) is 0 Å². The molecule has 0 aromatic heterocycles. The Bertz CT molecular complexity index is 802. The van der Waals surface area contributed by atoms with E-state index in [-0.39, 0.29) is 18.3 Å². The molecule has 5 heteroatoms. The van der Waals surface area contributed by atoms with Gasteiger partial charge in [0.1, 0.15) is 0 Å². The first-order valence-electron chi connectivity index (χ1n) is 9.59. The van der Waals surface area contributed by atoms with E-state index in [1.165, 1.54) is 16.7 Å². The summed E-state index contributed by atoms with van der Waals surface area (Å²) in [5.74, 6) is 0.225. The van der Waals surface area contributed by atoms with Crippen LogP contribution in [0.2, 0.25) is 0 Å². The van der Waals surface area contributed by atoms with Crippen LogP contribution in [-0.4, -0.2) is 29.9 Å². The second kappa shape index (κ2) is 8.22. The van der Waals surface area contributed by atoms with Crippen LogP contribution in [0.25, 0.3) is 0 Å². The number of aryl methyl sites for hydroxylation is 1. The van der Waals surface area contributed by atoms with Gasteiger partial charge in [-0.3, -0.25) is 4.79 Å². The minimum Gasteiger partial charge on any atom is -0.398 e. The van der Waals surface area contributed by atoms with Crippen LogP contribution in [0.1, 0.15) is 36.0 Å². The standard InChI is InChI=1S/C22H27N3O.ClH/c1-16-7-9-17(10-8-16)14-25(18-11-12-18)22(26)15-24-13-3-4-19-20(23)5-2-6-21(19)24;/h2,5-10,18H,3-4,11-15,23H2,1H3;1H. The summed E-state index contributed by atoms with van der Waals surface area (Å²) in [5, 5.41) is 0. The molecule has 4 rings (SSSR count). The smallest absolute Gasteiger partial charge is 0.242 e. The molecule has 27 heavy (non-hydrogen) atoms. The Morgan fingerprint density at radius 2 is 1.93 bits per heavy atom. The molecule has 1 fully saturated rings. The SMILES string of the molecule is Cc1ccc(CN(C(=O)CN2CCCc3c(N)cccc32)C2CC2)cc1.Cl. The third-order valence-electron chi connectivity index (χ3n) is 5.49. The average Bonchev–Trinajstić information content (AvgIpc) is 3.47. The van der Waals surface area contributed by atoms with Crippen LogP contribution in [0.5, 0.6) is 0 Å². The minimum absolute atomic E-state index is 0. The highest BCUT2D eigenvalue weighted by Crippen LogP contribution is 2.32. The van der Waals surface area contributed by atoms with E-state index in [1.54, 1.807) is 0 Å². The Morgan fingerprint density at radius 3 is 2.63 bits per heavy atom. The van der Waals surface area contributed by atoms with Crippen molar-refractivity contribution < 1.29 is 4.79 Å². The van der Waals surface area contributed by atoms with Crippen LogP contribution in [0.15, 0.2) is 42.5 Å². The minimum atomic E-state index is 0. The number of carbonyl (C=O) groups excluding carboxylic acids is 1. The van der Waals surface area contributed by atoms with Crippen LogP contribution in [0, 0.1) is 6.92 Å². The predicted molar refractivity (Wildman–Crippen MR) is 113 cm³/mol. The van der Waals surface area contributed by atoms with E-state index in [4.69, 9.17) is 5.73 Å². The first-order valence-corrected chi connectivity index (χ1v) is 9.59. The number of hydrogen-bond donors (Lipinski definition) is 1. The highest BCUT2D eigenvalue weighted by molar-refractivity contribution is 5.85. The molecule has 2 aromatic carbocycles. The summed E-state index contributed by atoms with van der Waals surface area (Å²) in [6.45, 7) is 4.17. The van der Waals surface area contributed by atoms with E-state index in [9.17, 15) is 4.79 Å². The number of amides is 1. The number of fused-ring (bicyclic) bond motifs is 1. The first kappa shape index (κ1) is 19.6. The van der Waals surface area contributed by atoms with Gasteiger partial charge in [0.2, 0.25) is 5.91 Å². The molecular formula is C22H28ClN3O. The van der Waals surface area contributed by atoms with Crippen LogP contribution in [0.4, 0.5) is 11.4 Å². The lowest BCUT2D eigenvalue weighted by Crippen LogP contribution is -2.43. The summed E-state index contributed by atoms with van der Waals surface area (Å²) < 4.78 is 0. The van der Waals surface area contributed by atoms with Crippen molar-refractivity contribution in [2.75, 3.05) is 23.7 Å². The Kier molecular flexibility index (Phi) is 5.95. The van der Waals surface area contributed by atoms with Crippen molar-refractivity contribution in [3.05, 3.63) is 59.2 Å². The first-order chi connectivity index (χ1) is 12.6. The van der Waals surface area contributed by atoms with Crippen molar-refractivity contribution >= 4 is 29.7 Å². The normalized spacial score (nSPS) is 15.7. The van der Waals surface area contributed by atoms with Gasteiger partial charge < -0.3 is 15.5 Å². The largest absolute Gasteiger partial charge is 0.398 e. The maximum Gasteiger partial charge on any atom is 0.242 e. The molecule has 2 aromatic rings. The van der Waals surface area contributed by atoms with Gasteiger partial charge >= 0.3 is 0 Å². The van der Waals surface area contributed by atoms with Crippen molar-refractivity contribution in [1.29, 1.82) is 0 Å². The van der Waals surface area contributed by atoms with Crippen LogP contribution < -0.4 is 10.6 Å². The molecule has 0 atom stereocenters. The Morgan fingerprint density at radius 1 is 1.19 bits per heavy atom. The molecular weight excluding hydrogens is 358 g/mol. The highest BCUT2D eigenvalue weighted by Gasteiger charge is 2.33. The summed E-state index contributed by atoms with van der Waals surface area (Å²) in [6, 6.07) is 15.0. The van der Waals surface area contributed by atoms with Crippen molar-refractivity contribution in [2.45, 2.75) is 45.2 Å². The van der Waals surface area contributed by atoms with E-state index in [2.05, 4.69) is 47.1 Å².